The summed E-state index contributed by atoms with van der Waals surface area (Å²) in [5.41, 5.74) is 9.09. The molecule has 2 rings (SSSR count). The van der Waals surface area contributed by atoms with Crippen LogP contribution in [0.5, 0.6) is 0 Å². The van der Waals surface area contributed by atoms with Crippen molar-refractivity contribution < 1.29 is 9.53 Å². The lowest BCUT2D eigenvalue weighted by Gasteiger charge is -2.13. The van der Waals surface area contributed by atoms with E-state index in [1.165, 1.54) is 13.5 Å². The number of nitrogens with one attached hydrogen (secondary N) is 1. The van der Waals surface area contributed by atoms with Gasteiger partial charge in [0.15, 0.2) is 0 Å². The summed E-state index contributed by atoms with van der Waals surface area (Å²) < 4.78 is 4.75. The number of nitrogen functional groups attached to an aromatic ring is 1. The molecule has 104 valence electrons. The van der Waals surface area contributed by atoms with Gasteiger partial charge in [-0.25, -0.2) is 4.79 Å². The van der Waals surface area contributed by atoms with Gasteiger partial charge in [-0.3, -0.25) is 0 Å². The van der Waals surface area contributed by atoms with Crippen LogP contribution in [0.2, 0.25) is 0 Å². The quantitative estimate of drug-likeness (QED) is 0.647. The highest BCUT2D eigenvalue weighted by Crippen LogP contribution is 2.51. The van der Waals surface area contributed by atoms with Crippen LogP contribution < -0.4 is 11.1 Å². The van der Waals surface area contributed by atoms with Gasteiger partial charge in [-0.1, -0.05) is 13.8 Å². The highest BCUT2D eigenvalue weighted by atomic mass is 16.5. The van der Waals surface area contributed by atoms with E-state index in [-0.39, 0.29) is 0 Å². The number of carbonyl (C=O) groups excluding carboxylic acids is 1. The summed E-state index contributed by atoms with van der Waals surface area (Å²) in [6, 6.07) is 3.74. The SMILES string of the molecule is COC(=O)c1cc(NCC2CC2(C)C)cc(C)c1N. The Kier molecular flexibility index (Phi) is 3.43. The van der Waals surface area contributed by atoms with Crippen LogP contribution in [0.1, 0.15) is 36.2 Å². The number of ether oxygens (including phenoxy) is 1. The molecule has 0 saturated heterocycles. The third kappa shape index (κ3) is 2.83. The van der Waals surface area contributed by atoms with Crippen LogP contribution in [0, 0.1) is 18.3 Å². The first-order valence-corrected chi connectivity index (χ1v) is 6.57. The van der Waals surface area contributed by atoms with E-state index in [1.807, 2.05) is 13.0 Å². The predicted octanol–water partition coefficient (Wildman–Crippen LogP) is 2.82. The number of hydrogen-bond acceptors (Lipinski definition) is 4. The van der Waals surface area contributed by atoms with Gasteiger partial charge in [-0.05, 0) is 42.4 Å². The van der Waals surface area contributed by atoms with Gasteiger partial charge in [-0.15, -0.1) is 0 Å². The molecular formula is C15H22N2O2. The number of anilines is 2. The summed E-state index contributed by atoms with van der Waals surface area (Å²) in [5.74, 6) is 0.308. The van der Waals surface area contributed by atoms with Crippen molar-refractivity contribution in [3.8, 4) is 0 Å². The van der Waals surface area contributed by atoms with Crippen LogP contribution in [0.15, 0.2) is 12.1 Å². The van der Waals surface area contributed by atoms with Crippen molar-refractivity contribution in [2.45, 2.75) is 27.2 Å². The fourth-order valence-corrected chi connectivity index (χ4v) is 2.34. The van der Waals surface area contributed by atoms with Gasteiger partial charge >= 0.3 is 5.97 Å². The molecule has 1 aliphatic carbocycles. The van der Waals surface area contributed by atoms with Crippen LogP contribution in [-0.4, -0.2) is 19.6 Å². The number of benzene rings is 1. The number of hydrogen-bond donors (Lipinski definition) is 2. The highest BCUT2D eigenvalue weighted by Gasteiger charge is 2.44. The topological polar surface area (TPSA) is 64.3 Å². The molecule has 0 bridgehead atoms. The van der Waals surface area contributed by atoms with Gasteiger partial charge in [0.1, 0.15) is 0 Å². The van der Waals surface area contributed by atoms with Gasteiger partial charge in [0.25, 0.3) is 0 Å². The molecule has 0 heterocycles. The van der Waals surface area contributed by atoms with Crippen LogP contribution in [0.3, 0.4) is 0 Å². The van der Waals surface area contributed by atoms with Crippen molar-refractivity contribution in [1.82, 2.24) is 0 Å². The van der Waals surface area contributed by atoms with E-state index in [0.29, 0.717) is 22.6 Å². The molecule has 0 aliphatic heterocycles. The molecule has 1 saturated carbocycles. The number of rotatable bonds is 4. The van der Waals surface area contributed by atoms with Crippen LogP contribution in [-0.2, 0) is 4.74 Å². The zero-order valence-electron chi connectivity index (χ0n) is 12.0. The molecule has 3 N–H and O–H groups in total. The first kappa shape index (κ1) is 13.7. The second-order valence-electron chi connectivity index (χ2n) is 6.02. The largest absolute Gasteiger partial charge is 0.465 e. The fraction of sp³-hybridized carbons (Fsp3) is 0.533. The minimum absolute atomic E-state index is 0.393. The zero-order valence-corrected chi connectivity index (χ0v) is 12.0. The molecule has 1 unspecified atom stereocenters. The Labute approximate surface area is 114 Å². The van der Waals surface area contributed by atoms with Gasteiger partial charge in [0.05, 0.1) is 12.7 Å². The molecule has 1 atom stereocenters. The highest BCUT2D eigenvalue weighted by molar-refractivity contribution is 5.97. The maximum absolute atomic E-state index is 11.7. The van der Waals surface area contributed by atoms with E-state index in [1.54, 1.807) is 6.07 Å². The smallest absolute Gasteiger partial charge is 0.340 e. The minimum atomic E-state index is -0.393. The summed E-state index contributed by atoms with van der Waals surface area (Å²) in [7, 11) is 1.37. The lowest BCUT2D eigenvalue weighted by Crippen LogP contribution is -2.11. The third-order valence-electron chi connectivity index (χ3n) is 4.06. The van der Waals surface area contributed by atoms with Crippen molar-refractivity contribution in [3.63, 3.8) is 0 Å². The second kappa shape index (κ2) is 4.76. The molecule has 0 aromatic heterocycles. The Balaban J connectivity index is 2.13. The Hall–Kier alpha value is -1.71. The van der Waals surface area contributed by atoms with E-state index >= 15 is 0 Å². The molecule has 0 radical (unpaired) electrons. The van der Waals surface area contributed by atoms with E-state index in [0.717, 1.165) is 17.8 Å². The van der Waals surface area contributed by atoms with Crippen molar-refractivity contribution in [2.24, 2.45) is 11.3 Å². The fourth-order valence-electron chi connectivity index (χ4n) is 2.34. The molecule has 19 heavy (non-hydrogen) atoms. The normalized spacial score (nSPS) is 19.9. The molecule has 1 aliphatic rings. The Morgan fingerprint density at radius 1 is 1.53 bits per heavy atom. The summed E-state index contributed by atoms with van der Waals surface area (Å²) in [4.78, 5) is 11.7. The van der Waals surface area contributed by atoms with Gasteiger partial charge in [0, 0.05) is 17.9 Å². The Morgan fingerprint density at radius 3 is 2.68 bits per heavy atom. The number of nitrogens with two attached hydrogens (primary N) is 1. The average molecular weight is 262 g/mol. The summed E-state index contributed by atoms with van der Waals surface area (Å²) in [6.07, 6.45) is 1.25. The van der Waals surface area contributed by atoms with Crippen molar-refractivity contribution in [1.29, 1.82) is 0 Å². The molecular weight excluding hydrogens is 240 g/mol. The Bertz CT molecular complexity index is 509. The maximum atomic E-state index is 11.7. The monoisotopic (exact) mass is 262 g/mol. The lowest BCUT2D eigenvalue weighted by molar-refractivity contribution is 0.0602. The molecule has 1 fully saturated rings. The molecule has 1 aromatic rings. The molecule has 4 heteroatoms. The molecule has 1 aromatic carbocycles. The van der Waals surface area contributed by atoms with Crippen LogP contribution in [0.25, 0.3) is 0 Å². The van der Waals surface area contributed by atoms with E-state index < -0.39 is 5.97 Å². The standard InChI is InChI=1S/C15H22N2O2/c1-9-5-11(17-8-10-7-15(10,2)3)6-12(13(9)16)14(18)19-4/h5-6,10,17H,7-8,16H2,1-4H3. The lowest BCUT2D eigenvalue weighted by atomic mass is 10.1. The number of aryl methyl sites for hydroxylation is 1. The molecule has 0 spiro atoms. The predicted molar refractivity (Wildman–Crippen MR) is 77.3 cm³/mol. The van der Waals surface area contributed by atoms with Crippen LogP contribution in [0.4, 0.5) is 11.4 Å². The van der Waals surface area contributed by atoms with E-state index in [2.05, 4.69) is 19.2 Å². The van der Waals surface area contributed by atoms with Crippen molar-refractivity contribution >= 4 is 17.3 Å². The average Bonchev–Trinajstić information content (AvgIpc) is 2.97. The van der Waals surface area contributed by atoms with Gasteiger partial charge < -0.3 is 15.8 Å². The second-order valence-corrected chi connectivity index (χ2v) is 6.02. The van der Waals surface area contributed by atoms with E-state index in [4.69, 9.17) is 10.5 Å². The summed E-state index contributed by atoms with van der Waals surface area (Å²) >= 11 is 0. The van der Waals surface area contributed by atoms with E-state index in [9.17, 15) is 4.79 Å². The number of esters is 1. The van der Waals surface area contributed by atoms with Crippen LogP contribution >= 0.6 is 0 Å². The first-order chi connectivity index (χ1) is 8.85. The first-order valence-electron chi connectivity index (χ1n) is 6.57. The molecule has 0 amide bonds. The van der Waals surface area contributed by atoms with Gasteiger partial charge in [0.2, 0.25) is 0 Å². The van der Waals surface area contributed by atoms with Gasteiger partial charge in [-0.2, -0.15) is 0 Å². The number of carbonyl (C=O) groups is 1. The number of methoxy groups -OCH3 is 1. The summed E-state index contributed by atoms with van der Waals surface area (Å²) in [5, 5.41) is 3.39. The molecule has 4 nitrogen and oxygen atoms in total. The summed E-state index contributed by atoms with van der Waals surface area (Å²) in [6.45, 7) is 7.37. The van der Waals surface area contributed by atoms with Crippen molar-refractivity contribution in [2.75, 3.05) is 24.7 Å². The third-order valence-corrected chi connectivity index (χ3v) is 4.06. The Morgan fingerprint density at radius 2 is 2.16 bits per heavy atom. The minimum Gasteiger partial charge on any atom is -0.465 e. The maximum Gasteiger partial charge on any atom is 0.340 e. The zero-order chi connectivity index (χ0) is 14.2. The van der Waals surface area contributed by atoms with Crippen molar-refractivity contribution in [3.05, 3.63) is 23.3 Å².